The molecule has 4 rings (SSSR count). The second kappa shape index (κ2) is 11.6. The Morgan fingerprint density at radius 3 is 2.37 bits per heavy atom. The molecule has 0 bridgehead atoms. The molecule has 1 aromatic heterocycles. The Kier molecular flexibility index (Phi) is 8.13. The monoisotopic (exact) mass is 509 g/mol. The molecule has 0 atom stereocenters. The number of anilines is 2. The number of halogens is 3. The van der Waals surface area contributed by atoms with Crippen LogP contribution >= 0.6 is 23.2 Å². The average Bonchev–Trinajstić information content (AvgIpc) is 2.86. The van der Waals surface area contributed by atoms with Crippen molar-refractivity contribution in [2.24, 2.45) is 0 Å². The molecule has 1 amide bonds. The van der Waals surface area contributed by atoms with Gasteiger partial charge in [-0.3, -0.25) is 4.79 Å². The summed E-state index contributed by atoms with van der Waals surface area (Å²) in [6.45, 7) is 0.762. The quantitative estimate of drug-likeness (QED) is 0.260. The van der Waals surface area contributed by atoms with E-state index in [0.717, 1.165) is 11.1 Å². The van der Waals surface area contributed by atoms with Gasteiger partial charge in [-0.2, -0.15) is 4.98 Å². The van der Waals surface area contributed by atoms with Crippen LogP contribution in [0, 0.1) is 5.82 Å². The maximum atomic E-state index is 14.4. The number of amides is 1. The fraction of sp³-hybridized carbons (Fsp3) is 0.115. The Bertz CT molecular complexity index is 1320. The first-order valence-corrected chi connectivity index (χ1v) is 11.6. The van der Waals surface area contributed by atoms with E-state index in [0.29, 0.717) is 40.2 Å². The predicted molar refractivity (Wildman–Crippen MR) is 138 cm³/mol. The van der Waals surface area contributed by atoms with Crippen LogP contribution in [-0.4, -0.2) is 22.4 Å². The second-order valence-electron chi connectivity index (χ2n) is 7.68. The molecule has 0 aliphatic rings. The number of carbonyl (C=O) groups excluding carboxylic acids is 1. The molecular weight excluding hydrogens is 488 g/mol. The molecule has 4 aromatic rings. The molecule has 178 valence electrons. The molecule has 1 heterocycles. The van der Waals surface area contributed by atoms with Crippen LogP contribution in [0.4, 0.5) is 16.2 Å². The smallest absolute Gasteiger partial charge is 0.239 e. The Hall–Kier alpha value is -3.68. The fourth-order valence-electron chi connectivity index (χ4n) is 3.29. The highest BCUT2D eigenvalue weighted by molar-refractivity contribution is 6.30. The van der Waals surface area contributed by atoms with Gasteiger partial charge in [0, 0.05) is 34.8 Å². The predicted octanol–water partition coefficient (Wildman–Crippen LogP) is 5.93. The van der Waals surface area contributed by atoms with Crippen LogP contribution in [-0.2, 0) is 17.9 Å². The summed E-state index contributed by atoms with van der Waals surface area (Å²) in [6, 6.07) is 22.7. The van der Waals surface area contributed by atoms with Gasteiger partial charge in [-0.25, -0.2) is 9.37 Å². The first-order chi connectivity index (χ1) is 17.0. The molecule has 3 N–H and O–H groups in total. The number of nitrogens with zero attached hydrogens (tertiary/aromatic N) is 2. The maximum absolute atomic E-state index is 14.4. The van der Waals surface area contributed by atoms with Gasteiger partial charge in [0.1, 0.15) is 11.6 Å². The maximum Gasteiger partial charge on any atom is 0.239 e. The summed E-state index contributed by atoms with van der Waals surface area (Å²) in [5.74, 6) is 0.0234. The van der Waals surface area contributed by atoms with Crippen LogP contribution < -0.4 is 16.0 Å². The summed E-state index contributed by atoms with van der Waals surface area (Å²) in [6.07, 6.45) is 0. The van der Waals surface area contributed by atoms with Crippen molar-refractivity contribution in [3.8, 4) is 11.3 Å². The molecule has 0 aliphatic carbocycles. The largest absolute Gasteiger partial charge is 0.366 e. The Morgan fingerprint density at radius 2 is 1.60 bits per heavy atom. The molecule has 35 heavy (non-hydrogen) atoms. The number of aromatic nitrogens is 2. The Labute approximate surface area is 212 Å². The van der Waals surface area contributed by atoms with Gasteiger partial charge in [0.15, 0.2) is 0 Å². The van der Waals surface area contributed by atoms with Crippen LogP contribution in [0.25, 0.3) is 11.3 Å². The molecule has 0 fully saturated rings. The molecule has 3 aromatic carbocycles. The van der Waals surface area contributed by atoms with Crippen LogP contribution in [0.1, 0.15) is 11.1 Å². The fourth-order valence-corrected chi connectivity index (χ4v) is 3.63. The molecule has 6 nitrogen and oxygen atoms in total. The van der Waals surface area contributed by atoms with Crippen LogP contribution in [0.15, 0.2) is 78.9 Å². The van der Waals surface area contributed by atoms with Crippen LogP contribution in [0.3, 0.4) is 0 Å². The SMILES string of the molecule is O=C(CNc1nc(NCc2cccc(Cl)c2)cc(-c2ccccc2F)n1)NCc1ccc(Cl)cc1. The number of rotatable bonds is 9. The number of benzene rings is 3. The van der Waals surface area contributed by atoms with Gasteiger partial charge >= 0.3 is 0 Å². The third-order valence-corrected chi connectivity index (χ3v) is 5.54. The van der Waals surface area contributed by atoms with Crippen LogP contribution in [0.2, 0.25) is 10.0 Å². The average molecular weight is 510 g/mol. The highest BCUT2D eigenvalue weighted by atomic mass is 35.5. The molecule has 0 spiro atoms. The minimum absolute atomic E-state index is 0.0535. The third-order valence-electron chi connectivity index (χ3n) is 5.05. The zero-order chi connectivity index (χ0) is 24.6. The summed E-state index contributed by atoms with van der Waals surface area (Å²) in [7, 11) is 0. The third kappa shape index (κ3) is 7.15. The normalized spacial score (nSPS) is 10.6. The van der Waals surface area contributed by atoms with Gasteiger partial charge in [-0.15, -0.1) is 0 Å². The van der Waals surface area contributed by atoms with Crippen molar-refractivity contribution in [2.75, 3.05) is 17.2 Å². The topological polar surface area (TPSA) is 78.9 Å². The molecule has 0 unspecified atom stereocenters. The van der Waals surface area contributed by atoms with Crippen molar-refractivity contribution in [3.63, 3.8) is 0 Å². The van der Waals surface area contributed by atoms with Gasteiger partial charge < -0.3 is 16.0 Å². The second-order valence-corrected chi connectivity index (χ2v) is 8.55. The van der Waals surface area contributed by atoms with Crippen molar-refractivity contribution in [1.29, 1.82) is 0 Å². The zero-order valence-electron chi connectivity index (χ0n) is 18.6. The number of carbonyl (C=O) groups is 1. The van der Waals surface area contributed by atoms with E-state index in [4.69, 9.17) is 23.2 Å². The Balaban J connectivity index is 1.47. The summed E-state index contributed by atoms with van der Waals surface area (Å²) in [4.78, 5) is 21.2. The van der Waals surface area contributed by atoms with E-state index in [9.17, 15) is 9.18 Å². The number of hydrogen-bond acceptors (Lipinski definition) is 5. The van der Waals surface area contributed by atoms with E-state index < -0.39 is 5.82 Å². The van der Waals surface area contributed by atoms with Gasteiger partial charge in [-0.05, 0) is 47.5 Å². The van der Waals surface area contributed by atoms with Crippen LogP contribution in [0.5, 0.6) is 0 Å². The zero-order valence-corrected chi connectivity index (χ0v) is 20.1. The standard InChI is InChI=1S/C26H22Cl2FN5O/c27-19-10-8-17(9-11-19)14-31-25(35)16-32-26-33-23(21-6-1-2-7-22(21)29)13-24(34-26)30-15-18-4-3-5-20(28)12-18/h1-13H,14-16H2,(H,31,35)(H2,30,32,33,34). The molecular formula is C26H22Cl2FN5O. The highest BCUT2D eigenvalue weighted by Gasteiger charge is 2.12. The first kappa shape index (κ1) is 24.4. The molecule has 0 saturated heterocycles. The van der Waals surface area contributed by atoms with E-state index in [1.165, 1.54) is 6.07 Å². The molecule has 0 saturated carbocycles. The summed E-state index contributed by atoms with van der Waals surface area (Å²) >= 11 is 12.0. The van der Waals surface area contributed by atoms with E-state index >= 15 is 0 Å². The van der Waals surface area contributed by atoms with Gasteiger partial charge in [-0.1, -0.05) is 59.6 Å². The summed E-state index contributed by atoms with van der Waals surface area (Å²) in [5.41, 5.74) is 2.60. The lowest BCUT2D eigenvalue weighted by atomic mass is 10.1. The lowest BCUT2D eigenvalue weighted by Crippen LogP contribution is -2.29. The minimum Gasteiger partial charge on any atom is -0.366 e. The summed E-state index contributed by atoms with van der Waals surface area (Å²) in [5, 5.41) is 10.2. The summed E-state index contributed by atoms with van der Waals surface area (Å²) < 4.78 is 14.4. The van der Waals surface area contributed by atoms with Gasteiger partial charge in [0.25, 0.3) is 0 Å². The van der Waals surface area contributed by atoms with Crippen molar-refractivity contribution in [1.82, 2.24) is 15.3 Å². The van der Waals surface area contributed by atoms with E-state index in [1.54, 1.807) is 42.5 Å². The van der Waals surface area contributed by atoms with Crippen molar-refractivity contribution in [3.05, 3.63) is 106 Å². The van der Waals surface area contributed by atoms with Gasteiger partial charge in [0.05, 0.1) is 12.2 Å². The molecule has 0 aliphatic heterocycles. The van der Waals surface area contributed by atoms with Crippen molar-refractivity contribution >= 4 is 40.9 Å². The van der Waals surface area contributed by atoms with E-state index in [1.807, 2.05) is 30.3 Å². The number of hydrogen-bond donors (Lipinski definition) is 3. The Morgan fingerprint density at radius 1 is 0.800 bits per heavy atom. The first-order valence-electron chi connectivity index (χ1n) is 10.8. The highest BCUT2D eigenvalue weighted by Crippen LogP contribution is 2.24. The lowest BCUT2D eigenvalue weighted by Gasteiger charge is -2.12. The van der Waals surface area contributed by atoms with Crippen molar-refractivity contribution < 1.29 is 9.18 Å². The number of nitrogens with one attached hydrogen (secondary N) is 3. The minimum atomic E-state index is -0.404. The van der Waals surface area contributed by atoms with Gasteiger partial charge in [0.2, 0.25) is 11.9 Å². The van der Waals surface area contributed by atoms with E-state index in [2.05, 4.69) is 25.9 Å². The molecule has 9 heteroatoms. The van der Waals surface area contributed by atoms with Crippen molar-refractivity contribution in [2.45, 2.75) is 13.1 Å². The molecule has 0 radical (unpaired) electrons. The van der Waals surface area contributed by atoms with E-state index in [-0.39, 0.29) is 18.4 Å². The lowest BCUT2D eigenvalue weighted by molar-refractivity contribution is -0.119.